The summed E-state index contributed by atoms with van der Waals surface area (Å²) < 4.78 is 27.5. The Morgan fingerprint density at radius 2 is 1.80 bits per heavy atom. The standard InChI is InChI=1S/C16H15ClN4O3S/c1-21(2)16(22)19-14-5-3-4-6-15(14)20-25(23,24)12-8-7-11(10-18)13(17)9-12/h3-9,20H,1-2H3,(H,19,22). The molecule has 0 aliphatic heterocycles. The van der Waals surface area contributed by atoms with E-state index in [4.69, 9.17) is 16.9 Å². The lowest BCUT2D eigenvalue weighted by molar-refractivity contribution is 0.230. The summed E-state index contributed by atoms with van der Waals surface area (Å²) in [7, 11) is -0.808. The van der Waals surface area contributed by atoms with Crippen LogP contribution in [0.15, 0.2) is 47.4 Å². The first-order valence-electron chi connectivity index (χ1n) is 7.04. The Kier molecular flexibility index (Phi) is 5.51. The van der Waals surface area contributed by atoms with Crippen molar-refractivity contribution in [3.05, 3.63) is 53.1 Å². The van der Waals surface area contributed by atoms with Gasteiger partial charge in [-0.3, -0.25) is 4.72 Å². The van der Waals surface area contributed by atoms with Crippen LogP contribution in [0.4, 0.5) is 16.2 Å². The fraction of sp³-hybridized carbons (Fsp3) is 0.125. The van der Waals surface area contributed by atoms with Crippen LogP contribution >= 0.6 is 11.6 Å². The van der Waals surface area contributed by atoms with E-state index in [-0.39, 0.29) is 21.2 Å². The molecule has 0 saturated carbocycles. The van der Waals surface area contributed by atoms with Gasteiger partial charge in [-0.1, -0.05) is 23.7 Å². The normalized spacial score (nSPS) is 10.6. The van der Waals surface area contributed by atoms with Gasteiger partial charge < -0.3 is 10.2 Å². The van der Waals surface area contributed by atoms with Gasteiger partial charge in [-0.15, -0.1) is 0 Å². The number of para-hydroxylation sites is 2. The van der Waals surface area contributed by atoms with Crippen molar-refractivity contribution < 1.29 is 13.2 Å². The van der Waals surface area contributed by atoms with Gasteiger partial charge in [0.2, 0.25) is 0 Å². The highest BCUT2D eigenvalue weighted by molar-refractivity contribution is 7.92. The van der Waals surface area contributed by atoms with E-state index in [2.05, 4.69) is 10.0 Å². The number of carbonyl (C=O) groups is 1. The van der Waals surface area contributed by atoms with Gasteiger partial charge >= 0.3 is 6.03 Å². The molecule has 0 spiro atoms. The molecule has 0 saturated heterocycles. The largest absolute Gasteiger partial charge is 0.331 e. The van der Waals surface area contributed by atoms with E-state index in [1.54, 1.807) is 32.3 Å². The number of benzene rings is 2. The Hall–Kier alpha value is -2.76. The topological polar surface area (TPSA) is 102 Å². The maximum absolute atomic E-state index is 12.5. The molecule has 25 heavy (non-hydrogen) atoms. The first-order valence-corrected chi connectivity index (χ1v) is 8.90. The van der Waals surface area contributed by atoms with Gasteiger partial charge in [0.1, 0.15) is 6.07 Å². The second kappa shape index (κ2) is 7.42. The van der Waals surface area contributed by atoms with Crippen LogP contribution in [0.3, 0.4) is 0 Å². The maximum atomic E-state index is 12.5. The number of amides is 2. The average molecular weight is 379 g/mol. The summed E-state index contributed by atoms with van der Waals surface area (Å²) in [6.45, 7) is 0. The maximum Gasteiger partial charge on any atom is 0.321 e. The second-order valence-corrected chi connectivity index (χ2v) is 7.32. The summed E-state index contributed by atoms with van der Waals surface area (Å²) in [5, 5.41) is 11.5. The van der Waals surface area contributed by atoms with Crippen molar-refractivity contribution in [2.24, 2.45) is 0 Å². The quantitative estimate of drug-likeness (QED) is 0.853. The molecule has 0 bridgehead atoms. The third-order valence-electron chi connectivity index (χ3n) is 3.19. The van der Waals surface area contributed by atoms with E-state index < -0.39 is 16.1 Å². The van der Waals surface area contributed by atoms with Gasteiger partial charge in [-0.2, -0.15) is 5.26 Å². The molecular formula is C16H15ClN4O3S. The van der Waals surface area contributed by atoms with Crippen LogP contribution in [-0.4, -0.2) is 33.4 Å². The van der Waals surface area contributed by atoms with Gasteiger partial charge in [0, 0.05) is 14.1 Å². The lowest BCUT2D eigenvalue weighted by Crippen LogP contribution is -2.28. The van der Waals surface area contributed by atoms with Gasteiger partial charge in [0.25, 0.3) is 10.0 Å². The van der Waals surface area contributed by atoms with E-state index in [1.807, 2.05) is 6.07 Å². The fourth-order valence-corrected chi connectivity index (χ4v) is 3.26. The molecular weight excluding hydrogens is 364 g/mol. The molecule has 0 atom stereocenters. The SMILES string of the molecule is CN(C)C(=O)Nc1ccccc1NS(=O)(=O)c1ccc(C#N)c(Cl)c1. The summed E-state index contributed by atoms with van der Waals surface area (Å²) in [6.07, 6.45) is 0. The molecule has 2 amide bonds. The summed E-state index contributed by atoms with van der Waals surface area (Å²) >= 11 is 5.90. The predicted octanol–water partition coefficient (Wildman–Crippen LogP) is 3.11. The fourth-order valence-electron chi connectivity index (χ4n) is 1.87. The van der Waals surface area contributed by atoms with Crippen molar-refractivity contribution in [3.63, 3.8) is 0 Å². The number of hydrogen-bond acceptors (Lipinski definition) is 4. The highest BCUT2D eigenvalue weighted by Crippen LogP contribution is 2.26. The monoisotopic (exact) mass is 378 g/mol. The van der Waals surface area contributed by atoms with Crippen molar-refractivity contribution >= 4 is 39.0 Å². The van der Waals surface area contributed by atoms with Crippen LogP contribution in [0.5, 0.6) is 0 Å². The minimum absolute atomic E-state index is 0.0413. The van der Waals surface area contributed by atoms with E-state index >= 15 is 0 Å². The Labute approximate surface area is 150 Å². The summed E-state index contributed by atoms with van der Waals surface area (Å²) in [5.74, 6) is 0. The lowest BCUT2D eigenvalue weighted by atomic mass is 10.2. The molecule has 0 aromatic heterocycles. The minimum atomic E-state index is -3.95. The number of nitrogens with zero attached hydrogens (tertiary/aromatic N) is 2. The molecule has 0 unspecified atom stereocenters. The van der Waals surface area contributed by atoms with E-state index in [0.29, 0.717) is 5.69 Å². The molecule has 0 fully saturated rings. The van der Waals surface area contributed by atoms with E-state index in [0.717, 1.165) is 0 Å². The van der Waals surface area contributed by atoms with Gasteiger partial charge in [0.15, 0.2) is 0 Å². The van der Waals surface area contributed by atoms with Crippen molar-refractivity contribution in [2.75, 3.05) is 24.1 Å². The molecule has 130 valence electrons. The van der Waals surface area contributed by atoms with Crippen LogP contribution in [-0.2, 0) is 10.0 Å². The van der Waals surface area contributed by atoms with Crippen LogP contribution in [0.2, 0.25) is 5.02 Å². The van der Waals surface area contributed by atoms with Gasteiger partial charge in [0.05, 0.1) is 26.9 Å². The number of urea groups is 1. The number of nitriles is 1. The number of anilines is 2. The highest BCUT2D eigenvalue weighted by Gasteiger charge is 2.18. The average Bonchev–Trinajstić information content (AvgIpc) is 2.56. The number of nitrogens with one attached hydrogen (secondary N) is 2. The summed E-state index contributed by atoms with van der Waals surface area (Å²) in [6, 6.07) is 11.7. The summed E-state index contributed by atoms with van der Waals surface area (Å²) in [4.78, 5) is 13.0. The van der Waals surface area contributed by atoms with E-state index in [1.165, 1.54) is 29.2 Å². The van der Waals surface area contributed by atoms with Gasteiger partial charge in [-0.05, 0) is 30.3 Å². The lowest BCUT2D eigenvalue weighted by Gasteiger charge is -2.16. The number of carbonyl (C=O) groups excluding carboxylic acids is 1. The zero-order valence-electron chi connectivity index (χ0n) is 13.4. The van der Waals surface area contributed by atoms with E-state index in [9.17, 15) is 13.2 Å². The second-order valence-electron chi connectivity index (χ2n) is 5.23. The van der Waals surface area contributed by atoms with Gasteiger partial charge in [-0.25, -0.2) is 13.2 Å². The molecule has 0 heterocycles. The van der Waals surface area contributed by atoms with Crippen LogP contribution < -0.4 is 10.0 Å². The zero-order valence-corrected chi connectivity index (χ0v) is 15.0. The molecule has 0 aliphatic rings. The third-order valence-corrected chi connectivity index (χ3v) is 4.87. The Balaban J connectivity index is 2.34. The number of halogens is 1. The Morgan fingerprint density at radius 3 is 2.36 bits per heavy atom. The number of sulfonamides is 1. The summed E-state index contributed by atoms with van der Waals surface area (Å²) in [5.41, 5.74) is 0.696. The Bertz CT molecular complexity index is 952. The van der Waals surface area contributed by atoms with Crippen molar-refractivity contribution in [1.82, 2.24) is 4.90 Å². The first kappa shape index (κ1) is 18.6. The third kappa shape index (κ3) is 4.41. The molecule has 0 radical (unpaired) electrons. The molecule has 2 aromatic carbocycles. The molecule has 2 rings (SSSR count). The smallest absolute Gasteiger partial charge is 0.321 e. The minimum Gasteiger partial charge on any atom is -0.331 e. The Morgan fingerprint density at radius 1 is 1.16 bits per heavy atom. The van der Waals surface area contributed by atoms with Crippen molar-refractivity contribution in [2.45, 2.75) is 4.90 Å². The molecule has 7 nitrogen and oxygen atoms in total. The molecule has 9 heteroatoms. The van der Waals surface area contributed by atoms with Crippen molar-refractivity contribution in [3.8, 4) is 6.07 Å². The molecule has 2 N–H and O–H groups in total. The van der Waals surface area contributed by atoms with Crippen LogP contribution in [0.1, 0.15) is 5.56 Å². The van der Waals surface area contributed by atoms with Crippen LogP contribution in [0, 0.1) is 11.3 Å². The molecule has 2 aromatic rings. The number of hydrogen-bond donors (Lipinski definition) is 2. The highest BCUT2D eigenvalue weighted by atomic mass is 35.5. The zero-order chi connectivity index (χ0) is 18.6. The predicted molar refractivity (Wildman–Crippen MR) is 96.1 cm³/mol. The van der Waals surface area contributed by atoms with Crippen LogP contribution in [0.25, 0.3) is 0 Å². The number of rotatable bonds is 4. The first-order chi connectivity index (χ1) is 11.7. The van der Waals surface area contributed by atoms with Crippen molar-refractivity contribution in [1.29, 1.82) is 5.26 Å². The molecule has 0 aliphatic carbocycles.